The minimum absolute atomic E-state index is 0.269. The molecule has 4 heteroatoms. The maximum atomic E-state index is 9.82. The van der Waals surface area contributed by atoms with Crippen molar-refractivity contribution in [3.63, 3.8) is 0 Å². The van der Waals surface area contributed by atoms with E-state index in [0.717, 1.165) is 5.57 Å². The third-order valence-electron chi connectivity index (χ3n) is 2.40. The highest BCUT2D eigenvalue weighted by molar-refractivity contribution is 5.29. The molecule has 80 valence electrons. The molecular formula is C10H18N2O2. The molecule has 5 N–H and O–H groups in total. The summed E-state index contributed by atoms with van der Waals surface area (Å²) in [6.07, 6.45) is 3.24. The normalized spacial score (nSPS) is 22.3. The van der Waals surface area contributed by atoms with Crippen LogP contribution in [0.25, 0.3) is 0 Å². The van der Waals surface area contributed by atoms with E-state index in [1.807, 2.05) is 13.8 Å². The first-order valence-corrected chi connectivity index (χ1v) is 4.69. The Bertz CT molecular complexity index is 265. The standard InChI is InChI=1S/C10H18N2O2/c1-7(2)8(4-11)3-9(12)10(13)5-14-6-10/h3-4,7,13H,5-6,11-12H2,1-2H3/b8-4+,9-3-. The van der Waals surface area contributed by atoms with Gasteiger partial charge < -0.3 is 21.3 Å². The molecule has 1 saturated heterocycles. The van der Waals surface area contributed by atoms with E-state index in [2.05, 4.69) is 0 Å². The Morgan fingerprint density at radius 1 is 1.50 bits per heavy atom. The smallest absolute Gasteiger partial charge is 0.150 e. The second kappa shape index (κ2) is 4.02. The Hall–Kier alpha value is -1.00. The Kier molecular flexibility index (Phi) is 3.18. The summed E-state index contributed by atoms with van der Waals surface area (Å²) in [5.74, 6) is 0.295. The highest BCUT2D eigenvalue weighted by Gasteiger charge is 2.38. The maximum Gasteiger partial charge on any atom is 0.150 e. The third-order valence-corrected chi connectivity index (χ3v) is 2.40. The highest BCUT2D eigenvalue weighted by Crippen LogP contribution is 2.24. The van der Waals surface area contributed by atoms with E-state index in [1.165, 1.54) is 6.20 Å². The summed E-state index contributed by atoms with van der Waals surface area (Å²) in [5.41, 5.74) is 11.6. The van der Waals surface area contributed by atoms with Crippen molar-refractivity contribution in [2.75, 3.05) is 13.2 Å². The molecule has 4 nitrogen and oxygen atoms in total. The number of nitrogens with two attached hydrogens (primary N) is 2. The fraction of sp³-hybridized carbons (Fsp3) is 0.600. The molecule has 0 aromatic heterocycles. The van der Waals surface area contributed by atoms with Gasteiger partial charge in [-0.25, -0.2) is 0 Å². The first kappa shape index (κ1) is 11.1. The van der Waals surface area contributed by atoms with E-state index in [9.17, 15) is 5.11 Å². The van der Waals surface area contributed by atoms with Gasteiger partial charge in [0.25, 0.3) is 0 Å². The lowest BCUT2D eigenvalue weighted by Gasteiger charge is -2.36. The zero-order chi connectivity index (χ0) is 10.8. The quantitative estimate of drug-likeness (QED) is 0.561. The van der Waals surface area contributed by atoms with E-state index < -0.39 is 5.60 Å². The van der Waals surface area contributed by atoms with Crippen molar-refractivity contribution in [3.05, 3.63) is 23.5 Å². The van der Waals surface area contributed by atoms with Crippen molar-refractivity contribution in [3.8, 4) is 0 Å². The third kappa shape index (κ3) is 2.08. The number of ether oxygens (including phenoxy) is 1. The first-order chi connectivity index (χ1) is 6.49. The molecule has 0 atom stereocenters. The van der Waals surface area contributed by atoms with Gasteiger partial charge in [-0.15, -0.1) is 0 Å². The number of hydrogen-bond acceptors (Lipinski definition) is 4. The van der Waals surface area contributed by atoms with Crippen LogP contribution in [0.5, 0.6) is 0 Å². The summed E-state index contributed by atoms with van der Waals surface area (Å²) in [4.78, 5) is 0. The Balaban J connectivity index is 2.76. The molecule has 0 unspecified atom stereocenters. The molecule has 0 spiro atoms. The number of hydrogen-bond donors (Lipinski definition) is 3. The van der Waals surface area contributed by atoms with Crippen LogP contribution in [0.2, 0.25) is 0 Å². The van der Waals surface area contributed by atoms with Crippen molar-refractivity contribution in [1.82, 2.24) is 0 Å². The lowest BCUT2D eigenvalue weighted by atomic mass is 9.94. The topological polar surface area (TPSA) is 81.5 Å². The molecule has 0 saturated carbocycles. The van der Waals surface area contributed by atoms with Gasteiger partial charge in [-0.2, -0.15) is 0 Å². The Morgan fingerprint density at radius 2 is 2.07 bits per heavy atom. The summed E-state index contributed by atoms with van der Waals surface area (Å²) in [7, 11) is 0. The SMILES string of the molecule is CC(C)C(=C/N)/C=C(\N)C1(O)COC1. The van der Waals surface area contributed by atoms with Crippen molar-refractivity contribution < 1.29 is 9.84 Å². The van der Waals surface area contributed by atoms with Gasteiger partial charge in [0.05, 0.1) is 13.2 Å². The van der Waals surface area contributed by atoms with Gasteiger partial charge >= 0.3 is 0 Å². The van der Waals surface area contributed by atoms with Crippen molar-refractivity contribution in [2.24, 2.45) is 17.4 Å². The molecule has 0 bridgehead atoms. The van der Waals surface area contributed by atoms with E-state index in [1.54, 1.807) is 6.08 Å². The van der Waals surface area contributed by atoms with Crippen LogP contribution in [0.3, 0.4) is 0 Å². The summed E-state index contributed by atoms with van der Waals surface area (Å²) < 4.78 is 4.91. The molecule has 0 radical (unpaired) electrons. The summed E-state index contributed by atoms with van der Waals surface area (Å²) >= 11 is 0. The zero-order valence-corrected chi connectivity index (χ0v) is 8.66. The molecule has 0 aliphatic carbocycles. The average Bonchev–Trinajstić information content (AvgIpc) is 2.09. The second-order valence-corrected chi connectivity index (χ2v) is 3.95. The lowest BCUT2D eigenvalue weighted by molar-refractivity contribution is -0.154. The minimum Gasteiger partial charge on any atom is -0.404 e. The largest absolute Gasteiger partial charge is 0.404 e. The molecule has 1 rings (SSSR count). The van der Waals surface area contributed by atoms with Crippen LogP contribution in [0.4, 0.5) is 0 Å². The van der Waals surface area contributed by atoms with Gasteiger partial charge in [0, 0.05) is 5.70 Å². The van der Waals surface area contributed by atoms with Gasteiger partial charge in [-0.1, -0.05) is 13.8 Å². The Morgan fingerprint density at radius 3 is 2.36 bits per heavy atom. The first-order valence-electron chi connectivity index (χ1n) is 4.69. The van der Waals surface area contributed by atoms with Crippen LogP contribution in [-0.2, 0) is 4.74 Å². The Labute approximate surface area is 84.2 Å². The number of aliphatic hydroxyl groups is 1. The van der Waals surface area contributed by atoms with Gasteiger partial charge in [-0.05, 0) is 23.8 Å². The second-order valence-electron chi connectivity index (χ2n) is 3.95. The average molecular weight is 198 g/mol. The van der Waals surface area contributed by atoms with Crippen molar-refractivity contribution >= 4 is 0 Å². The molecule has 0 aromatic carbocycles. The van der Waals surface area contributed by atoms with Gasteiger partial charge in [0.15, 0.2) is 0 Å². The van der Waals surface area contributed by atoms with E-state index >= 15 is 0 Å². The van der Waals surface area contributed by atoms with Crippen molar-refractivity contribution in [1.29, 1.82) is 0 Å². The van der Waals surface area contributed by atoms with Crippen molar-refractivity contribution in [2.45, 2.75) is 19.4 Å². The van der Waals surface area contributed by atoms with Crippen LogP contribution in [0.15, 0.2) is 23.5 Å². The molecular weight excluding hydrogens is 180 g/mol. The van der Waals surface area contributed by atoms with Crippen LogP contribution < -0.4 is 11.5 Å². The number of allylic oxidation sites excluding steroid dienone is 2. The maximum absolute atomic E-state index is 9.82. The lowest BCUT2D eigenvalue weighted by Crippen LogP contribution is -2.53. The predicted molar refractivity (Wildman–Crippen MR) is 55.1 cm³/mol. The fourth-order valence-electron chi connectivity index (χ4n) is 1.18. The van der Waals surface area contributed by atoms with Gasteiger partial charge in [0.2, 0.25) is 0 Å². The molecule has 1 aliphatic rings. The summed E-state index contributed by atoms with van der Waals surface area (Å²) in [6.45, 7) is 4.57. The molecule has 1 aliphatic heterocycles. The van der Waals surface area contributed by atoms with Crippen LogP contribution in [0.1, 0.15) is 13.8 Å². The monoisotopic (exact) mass is 198 g/mol. The van der Waals surface area contributed by atoms with Crippen LogP contribution in [0, 0.1) is 5.92 Å². The van der Waals surface area contributed by atoms with Crippen LogP contribution >= 0.6 is 0 Å². The van der Waals surface area contributed by atoms with E-state index in [0.29, 0.717) is 11.6 Å². The fourth-order valence-corrected chi connectivity index (χ4v) is 1.18. The minimum atomic E-state index is -0.983. The number of rotatable bonds is 3. The zero-order valence-electron chi connectivity index (χ0n) is 8.66. The summed E-state index contributed by atoms with van der Waals surface area (Å²) in [6, 6.07) is 0. The van der Waals surface area contributed by atoms with E-state index in [4.69, 9.17) is 16.2 Å². The summed E-state index contributed by atoms with van der Waals surface area (Å²) in [5, 5.41) is 9.82. The van der Waals surface area contributed by atoms with E-state index in [-0.39, 0.29) is 13.2 Å². The molecule has 14 heavy (non-hydrogen) atoms. The molecule has 0 aromatic rings. The molecule has 0 amide bonds. The predicted octanol–water partition coefficient (Wildman–Crippen LogP) is 0.0889. The van der Waals surface area contributed by atoms with Crippen LogP contribution in [-0.4, -0.2) is 23.9 Å². The molecule has 1 heterocycles. The molecule has 1 fully saturated rings. The highest BCUT2D eigenvalue weighted by atomic mass is 16.5. The van der Waals surface area contributed by atoms with Gasteiger partial charge in [-0.3, -0.25) is 0 Å². The van der Waals surface area contributed by atoms with Gasteiger partial charge in [0.1, 0.15) is 5.60 Å².